The van der Waals surface area contributed by atoms with Crippen LogP contribution in [0.5, 0.6) is 5.75 Å². The summed E-state index contributed by atoms with van der Waals surface area (Å²) in [7, 11) is 1.39. The van der Waals surface area contributed by atoms with Crippen LogP contribution in [-0.4, -0.2) is 41.6 Å². The van der Waals surface area contributed by atoms with Gasteiger partial charge in [0.2, 0.25) is 0 Å². The lowest BCUT2D eigenvalue weighted by molar-refractivity contribution is -0.148. The van der Waals surface area contributed by atoms with Crippen molar-refractivity contribution >= 4 is 5.97 Å². The minimum atomic E-state index is -0.965. The normalized spacial score (nSPS) is 23.5. The van der Waals surface area contributed by atoms with Crippen molar-refractivity contribution in [2.45, 2.75) is 44.0 Å². The minimum Gasteiger partial charge on any atom is -0.490 e. The number of methoxy groups -OCH3 is 1. The number of aliphatic hydroxyl groups is 1. The standard InChI is InChI=1S/C15H20O5/c1-19-14(15(17)18)8-10-2-5-12(6-3-10)20-13-7-4-11(16)9-13/h2-3,5-6,11,13-14,16H,4,7-9H2,1H3,(H,17,18)/t11-,13+,14-/m0/s1. The third-order valence-electron chi connectivity index (χ3n) is 3.56. The molecule has 0 spiro atoms. The zero-order chi connectivity index (χ0) is 14.5. The second-order valence-corrected chi connectivity index (χ2v) is 5.12. The van der Waals surface area contributed by atoms with E-state index in [0.29, 0.717) is 12.8 Å². The van der Waals surface area contributed by atoms with Gasteiger partial charge < -0.3 is 19.7 Å². The largest absolute Gasteiger partial charge is 0.490 e. The molecule has 1 aliphatic rings. The molecule has 1 aromatic carbocycles. The van der Waals surface area contributed by atoms with Crippen LogP contribution in [0.4, 0.5) is 0 Å². The molecule has 20 heavy (non-hydrogen) atoms. The summed E-state index contributed by atoms with van der Waals surface area (Å²) in [5, 5.41) is 18.4. The van der Waals surface area contributed by atoms with Crippen molar-refractivity contribution in [3.63, 3.8) is 0 Å². The molecule has 0 aliphatic heterocycles. The Balaban J connectivity index is 1.91. The maximum atomic E-state index is 10.9. The van der Waals surface area contributed by atoms with Gasteiger partial charge in [0.15, 0.2) is 6.10 Å². The summed E-state index contributed by atoms with van der Waals surface area (Å²) in [6.07, 6.45) is 1.65. The highest BCUT2D eigenvalue weighted by molar-refractivity contribution is 5.72. The van der Waals surface area contributed by atoms with E-state index in [2.05, 4.69) is 0 Å². The van der Waals surface area contributed by atoms with Crippen molar-refractivity contribution in [2.75, 3.05) is 7.11 Å². The molecule has 0 saturated heterocycles. The predicted octanol–water partition coefficient (Wildman–Crippen LogP) is 1.62. The predicted molar refractivity (Wildman–Crippen MR) is 72.9 cm³/mol. The van der Waals surface area contributed by atoms with Gasteiger partial charge in [0.25, 0.3) is 0 Å². The first-order valence-corrected chi connectivity index (χ1v) is 6.77. The van der Waals surface area contributed by atoms with E-state index in [-0.39, 0.29) is 12.2 Å². The Morgan fingerprint density at radius 2 is 2.05 bits per heavy atom. The Labute approximate surface area is 118 Å². The van der Waals surface area contributed by atoms with Crippen LogP contribution >= 0.6 is 0 Å². The number of hydrogen-bond donors (Lipinski definition) is 2. The van der Waals surface area contributed by atoms with Crippen LogP contribution in [-0.2, 0) is 16.0 Å². The molecule has 1 fully saturated rings. The molecular formula is C15H20O5. The van der Waals surface area contributed by atoms with Gasteiger partial charge in [-0.2, -0.15) is 0 Å². The van der Waals surface area contributed by atoms with Gasteiger partial charge >= 0.3 is 5.97 Å². The van der Waals surface area contributed by atoms with E-state index in [9.17, 15) is 9.90 Å². The second kappa shape index (κ2) is 6.72. The number of hydrogen-bond acceptors (Lipinski definition) is 4. The highest BCUT2D eigenvalue weighted by Gasteiger charge is 2.24. The fourth-order valence-corrected chi connectivity index (χ4v) is 2.41. The van der Waals surface area contributed by atoms with Gasteiger partial charge in [-0.3, -0.25) is 0 Å². The number of carboxylic acids is 1. The van der Waals surface area contributed by atoms with Crippen molar-refractivity contribution in [3.8, 4) is 5.75 Å². The van der Waals surface area contributed by atoms with Crippen LogP contribution in [0.25, 0.3) is 0 Å². The van der Waals surface area contributed by atoms with E-state index < -0.39 is 12.1 Å². The van der Waals surface area contributed by atoms with Crippen LogP contribution in [0.3, 0.4) is 0 Å². The highest BCUT2D eigenvalue weighted by atomic mass is 16.5. The van der Waals surface area contributed by atoms with Gasteiger partial charge in [0.1, 0.15) is 11.9 Å². The molecule has 0 amide bonds. The minimum absolute atomic E-state index is 0.0709. The van der Waals surface area contributed by atoms with Crippen LogP contribution in [0.1, 0.15) is 24.8 Å². The molecule has 0 heterocycles. The Kier molecular flexibility index (Phi) is 4.98. The molecule has 1 aliphatic carbocycles. The zero-order valence-electron chi connectivity index (χ0n) is 11.5. The summed E-state index contributed by atoms with van der Waals surface area (Å²) in [5.74, 6) is -0.218. The summed E-state index contributed by atoms with van der Waals surface area (Å²) >= 11 is 0. The highest BCUT2D eigenvalue weighted by Crippen LogP contribution is 2.25. The van der Waals surface area contributed by atoms with Crippen LogP contribution < -0.4 is 4.74 Å². The lowest BCUT2D eigenvalue weighted by Gasteiger charge is -2.14. The molecular weight excluding hydrogens is 260 g/mol. The number of benzene rings is 1. The number of aliphatic hydroxyl groups excluding tert-OH is 1. The fourth-order valence-electron chi connectivity index (χ4n) is 2.41. The molecule has 5 heteroatoms. The van der Waals surface area contributed by atoms with Crippen LogP contribution in [0, 0.1) is 0 Å². The molecule has 1 aromatic rings. The average Bonchev–Trinajstić information content (AvgIpc) is 2.83. The summed E-state index contributed by atoms with van der Waals surface area (Å²) in [4.78, 5) is 10.9. The Hall–Kier alpha value is -1.59. The van der Waals surface area contributed by atoms with Crippen LogP contribution in [0.15, 0.2) is 24.3 Å². The molecule has 0 unspecified atom stereocenters. The third kappa shape index (κ3) is 3.95. The first kappa shape index (κ1) is 14.8. The molecule has 5 nitrogen and oxygen atoms in total. The number of ether oxygens (including phenoxy) is 2. The summed E-state index contributed by atoms with van der Waals surface area (Å²) in [6.45, 7) is 0. The smallest absolute Gasteiger partial charge is 0.333 e. The third-order valence-corrected chi connectivity index (χ3v) is 3.56. The van der Waals surface area contributed by atoms with E-state index in [0.717, 1.165) is 24.2 Å². The molecule has 110 valence electrons. The Bertz CT molecular complexity index is 442. The quantitative estimate of drug-likeness (QED) is 0.828. The Morgan fingerprint density at radius 1 is 1.35 bits per heavy atom. The van der Waals surface area contributed by atoms with Gasteiger partial charge in [0, 0.05) is 20.0 Å². The first-order valence-electron chi connectivity index (χ1n) is 6.77. The molecule has 3 atom stereocenters. The van der Waals surface area contributed by atoms with Gasteiger partial charge in [0.05, 0.1) is 6.10 Å². The van der Waals surface area contributed by atoms with Crippen molar-refractivity contribution < 1.29 is 24.5 Å². The maximum absolute atomic E-state index is 10.9. The van der Waals surface area contributed by atoms with E-state index in [1.165, 1.54) is 7.11 Å². The monoisotopic (exact) mass is 280 g/mol. The molecule has 0 bridgehead atoms. The SMILES string of the molecule is CO[C@@H](Cc1ccc(O[C@@H]2CC[C@H](O)C2)cc1)C(=O)O. The molecule has 0 aromatic heterocycles. The van der Waals surface area contributed by atoms with Crippen molar-refractivity contribution in [2.24, 2.45) is 0 Å². The fraction of sp³-hybridized carbons (Fsp3) is 0.533. The van der Waals surface area contributed by atoms with Crippen LogP contribution in [0.2, 0.25) is 0 Å². The average molecular weight is 280 g/mol. The van der Waals surface area contributed by atoms with Crippen molar-refractivity contribution in [1.82, 2.24) is 0 Å². The van der Waals surface area contributed by atoms with Crippen molar-refractivity contribution in [1.29, 1.82) is 0 Å². The first-order chi connectivity index (χ1) is 9.58. The summed E-state index contributed by atoms with van der Waals surface area (Å²) < 4.78 is 10.7. The molecule has 2 rings (SSSR count). The van der Waals surface area contributed by atoms with E-state index in [1.54, 1.807) is 0 Å². The lowest BCUT2D eigenvalue weighted by atomic mass is 10.1. The maximum Gasteiger partial charge on any atom is 0.333 e. The van der Waals surface area contributed by atoms with Crippen molar-refractivity contribution in [3.05, 3.63) is 29.8 Å². The molecule has 0 radical (unpaired) electrons. The second-order valence-electron chi connectivity index (χ2n) is 5.12. The number of aliphatic carboxylic acids is 1. The van der Waals surface area contributed by atoms with Gasteiger partial charge in [-0.05, 0) is 30.5 Å². The summed E-state index contributed by atoms with van der Waals surface area (Å²) in [6, 6.07) is 7.34. The zero-order valence-corrected chi connectivity index (χ0v) is 11.5. The van der Waals surface area contributed by atoms with Gasteiger partial charge in [-0.1, -0.05) is 12.1 Å². The number of carboxylic acid groups (broad SMARTS) is 1. The molecule has 2 N–H and O–H groups in total. The van der Waals surface area contributed by atoms with E-state index in [4.69, 9.17) is 14.6 Å². The van der Waals surface area contributed by atoms with Gasteiger partial charge in [-0.25, -0.2) is 4.79 Å². The Morgan fingerprint density at radius 3 is 2.55 bits per heavy atom. The van der Waals surface area contributed by atoms with E-state index in [1.807, 2.05) is 24.3 Å². The summed E-state index contributed by atoms with van der Waals surface area (Å²) in [5.41, 5.74) is 0.887. The molecule has 1 saturated carbocycles. The number of carbonyl (C=O) groups is 1. The lowest BCUT2D eigenvalue weighted by Crippen LogP contribution is -2.24. The van der Waals surface area contributed by atoms with E-state index >= 15 is 0 Å². The topological polar surface area (TPSA) is 76.0 Å². The number of rotatable bonds is 6. The van der Waals surface area contributed by atoms with Gasteiger partial charge in [-0.15, -0.1) is 0 Å².